The maximum absolute atomic E-state index is 15.2. The monoisotopic (exact) mass is 1660 g/mol. The molecule has 0 saturated heterocycles. The third-order valence-corrected chi connectivity index (χ3v) is 21.7. The lowest BCUT2D eigenvalue weighted by Crippen LogP contribution is -2.61. The van der Waals surface area contributed by atoms with Crippen LogP contribution in [-0.4, -0.2) is 126 Å². The minimum atomic E-state index is -1.71. The number of esters is 3. The predicted octanol–water partition coefficient (Wildman–Crippen LogP) is 15.5. The first kappa shape index (κ1) is 97.4. The summed E-state index contributed by atoms with van der Waals surface area (Å²) in [5.74, 6) is -9.27. The third-order valence-electron chi connectivity index (χ3n) is 21.7. The van der Waals surface area contributed by atoms with E-state index in [9.17, 15) is 43.2 Å². The Morgan fingerprint density at radius 1 is 0.397 bits per heavy atom. The molecule has 8 amide bonds. The molecule has 8 N–H and O–H groups in total. The number of hydrogen-bond donors (Lipinski definition) is 8. The fourth-order valence-electron chi connectivity index (χ4n) is 15.3. The zero-order chi connectivity index (χ0) is 88.3. The SMILES string of the molecule is CC[C@H](C)[C@H](NC(=O)[C@@H](CC(C)C)NC(=O)[C@H](CC(=O)OC(C)(C)C)NC(=O)[C@@H](NC(=O)[C@@H](CC(C)C)NC(=O)[C@H](CC(C)C)NC(=O)[C@H](CCC(=O)NC(c1ccccc1)(c1ccccc1)c1ccccc1)NC(=O)OCC1c2ccccc2-c2ccccc21)C(C)C)C(=O)O[C@@H](CCCCCCCCCC(C)C)CC(=O)OCc1ccccc1. The standard InChI is InChI=1S/C98H134N8O15/c1-16-68(12)88(95(116)120-73(49-35-21-19-17-18-20-26-40-63(2)3)59-85(108)118-61-69-41-27-22-28-42-69)105-93(114)82(58-66(8)9)101-91(112)83(60-86(109)121-97(13,14)15)102-94(115)87(67(10)11)104-92(113)81(57-65(6)7)100-90(111)80(56-64(4)5)99-89(110)79(103-96(117)119-62-78-76-52-38-36-50-74(76)75-51-37-39-53-77(75)78)54-55-84(107)106-98(70-43-29-23-30-44-70,71-45-31-24-32-46-71)72-47-33-25-34-48-72/h22-25,27-34,36-39,41-48,50-53,63-68,73,78-83,87-88H,16-21,26,35,40,49,54-62H2,1-15H3,(H,99,110)(H,100,111)(H,101,112)(H,102,115)(H,103,117)(H,104,113)(H,105,114)(H,106,107)/t68-,73-,79-,80-,81+,82+,83-,87-,88-/m0/s1. The van der Waals surface area contributed by atoms with Gasteiger partial charge in [0.25, 0.3) is 0 Å². The van der Waals surface area contributed by atoms with Gasteiger partial charge in [-0.2, -0.15) is 0 Å². The fourth-order valence-corrected chi connectivity index (χ4v) is 15.3. The molecule has 0 radical (unpaired) electrons. The molecule has 0 aromatic heterocycles. The molecular weight excluding hydrogens is 1530 g/mol. The van der Waals surface area contributed by atoms with Crippen molar-refractivity contribution in [3.8, 4) is 11.1 Å². The van der Waals surface area contributed by atoms with Crippen LogP contribution in [0.25, 0.3) is 11.1 Å². The average Bonchev–Trinajstić information content (AvgIpc) is 1.13. The second-order valence-corrected chi connectivity index (χ2v) is 35.3. The molecule has 0 unspecified atom stereocenters. The van der Waals surface area contributed by atoms with Gasteiger partial charge in [-0.3, -0.25) is 43.2 Å². The first-order valence-corrected chi connectivity index (χ1v) is 43.7. The molecule has 23 nitrogen and oxygen atoms in total. The van der Waals surface area contributed by atoms with Gasteiger partial charge < -0.3 is 61.5 Å². The van der Waals surface area contributed by atoms with Gasteiger partial charge >= 0.3 is 24.0 Å². The Morgan fingerprint density at radius 3 is 1.26 bits per heavy atom. The van der Waals surface area contributed by atoms with Gasteiger partial charge in [0, 0.05) is 12.3 Å². The van der Waals surface area contributed by atoms with E-state index in [2.05, 4.69) is 56.4 Å². The number of alkyl carbamates (subject to hydrolysis) is 1. The highest BCUT2D eigenvalue weighted by Gasteiger charge is 2.42. The first-order valence-electron chi connectivity index (χ1n) is 43.7. The quantitative estimate of drug-likeness (QED) is 0.00762. The Morgan fingerprint density at radius 2 is 0.810 bits per heavy atom. The lowest BCUT2D eigenvalue weighted by Gasteiger charge is -2.37. The van der Waals surface area contributed by atoms with E-state index >= 15 is 9.59 Å². The summed E-state index contributed by atoms with van der Waals surface area (Å²) < 4.78 is 23.5. The van der Waals surface area contributed by atoms with Crippen molar-refractivity contribution in [3.63, 3.8) is 0 Å². The number of rotatable bonds is 49. The predicted molar refractivity (Wildman–Crippen MR) is 470 cm³/mol. The number of fused-ring (bicyclic) bond motifs is 3. The van der Waals surface area contributed by atoms with E-state index in [1.54, 1.807) is 41.5 Å². The number of hydrogen-bond acceptors (Lipinski definition) is 15. The maximum Gasteiger partial charge on any atom is 0.407 e. The minimum Gasteiger partial charge on any atom is -0.461 e. The summed E-state index contributed by atoms with van der Waals surface area (Å²) in [5.41, 5.74) is 4.75. The molecule has 0 saturated carbocycles. The number of carbonyl (C=O) groups is 11. The molecule has 1 aliphatic rings. The second-order valence-electron chi connectivity index (χ2n) is 35.3. The fraction of sp³-hybridized carbons (Fsp3) is 0.520. The highest BCUT2D eigenvalue weighted by atomic mass is 16.6. The summed E-state index contributed by atoms with van der Waals surface area (Å²) >= 11 is 0. The molecule has 6 aromatic rings. The van der Waals surface area contributed by atoms with Crippen LogP contribution in [0, 0.1) is 35.5 Å². The lowest BCUT2D eigenvalue weighted by atomic mass is 9.77. The van der Waals surface area contributed by atoms with Crippen LogP contribution in [0.4, 0.5) is 4.79 Å². The van der Waals surface area contributed by atoms with Gasteiger partial charge in [0.2, 0.25) is 41.4 Å². The molecule has 656 valence electrons. The summed E-state index contributed by atoms with van der Waals surface area (Å²) in [6.45, 7) is 27.2. The van der Waals surface area contributed by atoms with E-state index in [4.69, 9.17) is 18.9 Å². The van der Waals surface area contributed by atoms with Gasteiger partial charge in [0.15, 0.2) is 0 Å². The first-order chi connectivity index (χ1) is 57.7. The van der Waals surface area contributed by atoms with Crippen LogP contribution in [0.15, 0.2) is 170 Å². The number of carbonyl (C=O) groups excluding carboxylic acids is 11. The van der Waals surface area contributed by atoms with Crippen LogP contribution >= 0.6 is 0 Å². The van der Waals surface area contributed by atoms with Gasteiger partial charge in [-0.25, -0.2) is 9.59 Å². The normalized spacial score (nSPS) is 14.3. The molecule has 23 heteroatoms. The molecule has 0 fully saturated rings. The molecular formula is C98H134N8O15. The van der Waals surface area contributed by atoms with Crippen molar-refractivity contribution in [2.75, 3.05) is 6.61 Å². The maximum atomic E-state index is 15.2. The van der Waals surface area contributed by atoms with Crippen molar-refractivity contribution in [2.45, 2.75) is 285 Å². The van der Waals surface area contributed by atoms with E-state index < -0.39 is 143 Å². The van der Waals surface area contributed by atoms with Crippen LogP contribution in [0.2, 0.25) is 0 Å². The third kappa shape index (κ3) is 31.4. The molecule has 0 aliphatic heterocycles. The Labute approximate surface area is 717 Å². The molecule has 1 aliphatic carbocycles. The zero-order valence-electron chi connectivity index (χ0n) is 73.9. The van der Waals surface area contributed by atoms with Crippen molar-refractivity contribution in [2.24, 2.45) is 35.5 Å². The Hall–Kier alpha value is -10.7. The van der Waals surface area contributed by atoms with Crippen molar-refractivity contribution in [1.29, 1.82) is 0 Å². The van der Waals surface area contributed by atoms with Gasteiger partial charge in [0.1, 0.15) is 72.8 Å². The summed E-state index contributed by atoms with van der Waals surface area (Å²) in [5, 5.41) is 22.9. The topological polar surface area (TPSA) is 321 Å². The highest BCUT2D eigenvalue weighted by Crippen LogP contribution is 2.45. The number of nitrogens with one attached hydrogen (secondary N) is 8. The highest BCUT2D eigenvalue weighted by molar-refractivity contribution is 5.99. The Balaban J connectivity index is 1.09. The molecule has 0 spiro atoms. The minimum absolute atomic E-state index is 0.0326. The van der Waals surface area contributed by atoms with E-state index in [-0.39, 0.29) is 75.4 Å². The molecule has 7 rings (SSSR count). The lowest BCUT2D eigenvalue weighted by molar-refractivity contribution is -0.160. The summed E-state index contributed by atoms with van der Waals surface area (Å²) in [6.07, 6.45) is 5.82. The van der Waals surface area contributed by atoms with Crippen molar-refractivity contribution in [1.82, 2.24) is 42.5 Å². The van der Waals surface area contributed by atoms with Gasteiger partial charge in [-0.1, -0.05) is 304 Å². The second kappa shape index (κ2) is 48.7. The molecule has 6 aromatic carbocycles. The molecule has 0 bridgehead atoms. The Bertz CT molecular complexity index is 4160. The van der Waals surface area contributed by atoms with E-state index in [1.807, 2.05) is 218 Å². The number of amides is 8. The summed E-state index contributed by atoms with van der Waals surface area (Å²) in [6, 6.07) is 43.6. The number of ether oxygens (including phenoxy) is 4. The van der Waals surface area contributed by atoms with E-state index in [1.165, 1.54) is 12.8 Å². The van der Waals surface area contributed by atoms with Crippen molar-refractivity contribution < 1.29 is 71.7 Å². The zero-order valence-corrected chi connectivity index (χ0v) is 73.9. The van der Waals surface area contributed by atoms with Crippen LogP contribution in [0.5, 0.6) is 0 Å². The molecule has 9 atom stereocenters. The van der Waals surface area contributed by atoms with E-state index in [0.717, 1.165) is 76.6 Å². The molecule has 0 heterocycles. The largest absolute Gasteiger partial charge is 0.461 e. The van der Waals surface area contributed by atoms with Gasteiger partial charge in [-0.15, -0.1) is 0 Å². The van der Waals surface area contributed by atoms with Crippen molar-refractivity contribution in [3.05, 3.63) is 203 Å². The average molecular weight is 1660 g/mol. The summed E-state index contributed by atoms with van der Waals surface area (Å²) in [4.78, 5) is 161. The smallest absolute Gasteiger partial charge is 0.407 e. The van der Waals surface area contributed by atoms with Crippen LogP contribution < -0.4 is 42.5 Å². The molecule has 121 heavy (non-hydrogen) atoms. The Kier molecular flexibility index (Phi) is 39.2. The van der Waals surface area contributed by atoms with Crippen molar-refractivity contribution >= 4 is 65.4 Å². The van der Waals surface area contributed by atoms with Crippen LogP contribution in [0.1, 0.15) is 252 Å². The summed E-state index contributed by atoms with van der Waals surface area (Å²) in [7, 11) is 0. The number of benzene rings is 6. The van der Waals surface area contributed by atoms with Crippen LogP contribution in [-0.2, 0) is 79.0 Å². The number of unbranched alkanes of at least 4 members (excludes halogenated alkanes) is 6. The van der Waals surface area contributed by atoms with Crippen LogP contribution in [0.3, 0.4) is 0 Å². The van der Waals surface area contributed by atoms with E-state index in [0.29, 0.717) is 25.2 Å². The van der Waals surface area contributed by atoms with Gasteiger partial charge in [-0.05, 0) is 139 Å². The van der Waals surface area contributed by atoms with Gasteiger partial charge in [0.05, 0.1) is 12.8 Å².